The Bertz CT molecular complexity index is 550. The second-order valence-corrected chi connectivity index (χ2v) is 11.0. The van der Waals surface area contributed by atoms with E-state index in [9.17, 15) is 18.6 Å². The highest BCUT2D eigenvalue weighted by Gasteiger charge is 2.43. The van der Waals surface area contributed by atoms with Crippen LogP contribution in [-0.2, 0) is 10.0 Å². The average Bonchev–Trinajstić information content (AvgIpc) is 3.13. The van der Waals surface area contributed by atoms with Crippen LogP contribution in [0.5, 0.6) is 0 Å². The maximum Gasteiger partial charge on any atom is 0.218 e. The number of hydrogen-bond donors (Lipinski definition) is 3. The first kappa shape index (κ1) is 20.1. The smallest absolute Gasteiger partial charge is 0.218 e. The van der Waals surface area contributed by atoms with Crippen molar-refractivity contribution in [2.24, 2.45) is 11.8 Å². The first-order valence-electron chi connectivity index (χ1n) is 9.14. The minimum atomic E-state index is -3.26. The Morgan fingerprint density at radius 1 is 1.08 bits per heavy atom. The molecule has 0 bridgehead atoms. The van der Waals surface area contributed by atoms with Crippen molar-refractivity contribution >= 4 is 33.2 Å². The molecule has 0 radical (unpaired) electrons. The standard InChI is InChI=1S/C16H28Cl2N2O4S/c17-13-7-12(15(21)8-14(13)18)16(22)10-2-5-20(6-3-10)25(23,24)11-1-4-19-9-11/h10-16,19,21-22H,1-9H2/t11-,12?,13?,14?,15?,16-/m1/s1. The Hall–Kier alpha value is 0.370. The summed E-state index contributed by atoms with van der Waals surface area (Å²) in [5.74, 6) is -0.298. The third kappa shape index (κ3) is 4.28. The van der Waals surface area contributed by atoms with Gasteiger partial charge in [-0.2, -0.15) is 0 Å². The fourth-order valence-electron chi connectivity index (χ4n) is 4.40. The van der Waals surface area contributed by atoms with Gasteiger partial charge < -0.3 is 15.5 Å². The molecule has 3 fully saturated rings. The molecular weight excluding hydrogens is 387 g/mol. The number of aliphatic hydroxyl groups excluding tert-OH is 2. The van der Waals surface area contributed by atoms with Crippen LogP contribution < -0.4 is 5.32 Å². The van der Waals surface area contributed by atoms with Gasteiger partial charge in [0.2, 0.25) is 10.0 Å². The molecule has 2 aliphatic heterocycles. The number of alkyl halides is 2. The van der Waals surface area contributed by atoms with Gasteiger partial charge in [0.05, 0.1) is 28.2 Å². The van der Waals surface area contributed by atoms with Gasteiger partial charge in [0, 0.05) is 25.6 Å². The lowest BCUT2D eigenvalue weighted by Crippen LogP contribution is -2.49. The number of nitrogens with zero attached hydrogens (tertiary/aromatic N) is 1. The van der Waals surface area contributed by atoms with Crippen molar-refractivity contribution in [3.05, 3.63) is 0 Å². The normalized spacial score (nSPS) is 40.2. The summed E-state index contributed by atoms with van der Waals surface area (Å²) in [4.78, 5) is 0. The van der Waals surface area contributed by atoms with Gasteiger partial charge in [-0.1, -0.05) is 0 Å². The van der Waals surface area contributed by atoms with E-state index in [4.69, 9.17) is 23.2 Å². The van der Waals surface area contributed by atoms with Gasteiger partial charge in [0.1, 0.15) is 0 Å². The summed E-state index contributed by atoms with van der Waals surface area (Å²) < 4.78 is 26.9. The monoisotopic (exact) mass is 414 g/mol. The molecule has 0 aromatic heterocycles. The first-order valence-corrected chi connectivity index (χ1v) is 11.5. The van der Waals surface area contributed by atoms with E-state index < -0.39 is 22.2 Å². The van der Waals surface area contributed by atoms with Crippen molar-refractivity contribution in [2.75, 3.05) is 26.2 Å². The third-order valence-corrected chi connectivity index (χ3v) is 9.49. The maximum atomic E-state index is 12.6. The molecule has 6 atom stereocenters. The number of aliphatic hydroxyl groups is 2. The van der Waals surface area contributed by atoms with Crippen molar-refractivity contribution in [3.63, 3.8) is 0 Å². The van der Waals surface area contributed by atoms with E-state index in [0.29, 0.717) is 51.7 Å². The van der Waals surface area contributed by atoms with E-state index in [-0.39, 0.29) is 27.8 Å². The fourth-order valence-corrected chi connectivity index (χ4v) is 6.88. The quantitative estimate of drug-likeness (QED) is 0.590. The minimum absolute atomic E-state index is 0.0106. The van der Waals surface area contributed by atoms with Crippen LogP contribution in [0.15, 0.2) is 0 Å². The summed E-state index contributed by atoms with van der Waals surface area (Å²) in [7, 11) is -3.26. The molecule has 25 heavy (non-hydrogen) atoms. The molecule has 1 aliphatic carbocycles. The Labute approximate surface area is 159 Å². The van der Waals surface area contributed by atoms with E-state index >= 15 is 0 Å². The van der Waals surface area contributed by atoms with Crippen LogP contribution in [0.1, 0.15) is 32.1 Å². The van der Waals surface area contributed by atoms with Crippen LogP contribution >= 0.6 is 23.2 Å². The van der Waals surface area contributed by atoms with Crippen molar-refractivity contribution in [1.29, 1.82) is 0 Å². The van der Waals surface area contributed by atoms with Crippen molar-refractivity contribution in [3.8, 4) is 0 Å². The van der Waals surface area contributed by atoms with E-state index in [1.165, 1.54) is 0 Å². The minimum Gasteiger partial charge on any atom is -0.393 e. The Morgan fingerprint density at radius 3 is 2.32 bits per heavy atom. The number of nitrogens with one attached hydrogen (secondary N) is 1. The van der Waals surface area contributed by atoms with Crippen LogP contribution in [0, 0.1) is 11.8 Å². The van der Waals surface area contributed by atoms with E-state index in [0.717, 1.165) is 6.54 Å². The lowest BCUT2D eigenvalue weighted by atomic mass is 9.75. The Balaban J connectivity index is 1.56. The van der Waals surface area contributed by atoms with Crippen molar-refractivity contribution in [1.82, 2.24) is 9.62 Å². The molecule has 6 nitrogen and oxygen atoms in total. The first-order chi connectivity index (χ1) is 11.8. The molecule has 0 amide bonds. The molecule has 0 aromatic rings. The van der Waals surface area contributed by atoms with E-state index in [2.05, 4.69) is 5.32 Å². The highest BCUT2D eigenvalue weighted by Crippen LogP contribution is 2.38. The zero-order valence-corrected chi connectivity index (χ0v) is 16.6. The zero-order valence-electron chi connectivity index (χ0n) is 14.2. The predicted octanol–water partition coefficient (Wildman–Crippen LogP) is 0.737. The SMILES string of the molecule is O=S(=O)([C@@H]1CCNC1)N1CCC([C@@H](O)C2CC(Cl)C(Cl)CC2O)CC1. The summed E-state index contributed by atoms with van der Waals surface area (Å²) >= 11 is 12.3. The highest BCUT2D eigenvalue weighted by atomic mass is 35.5. The topological polar surface area (TPSA) is 89.9 Å². The van der Waals surface area contributed by atoms with Gasteiger partial charge in [-0.3, -0.25) is 0 Å². The van der Waals surface area contributed by atoms with E-state index in [1.54, 1.807) is 4.31 Å². The second kappa shape index (κ2) is 8.17. The molecule has 3 N–H and O–H groups in total. The Kier molecular flexibility index (Phi) is 6.57. The molecular formula is C16H28Cl2N2O4S. The zero-order chi connectivity index (χ0) is 18.2. The highest BCUT2D eigenvalue weighted by molar-refractivity contribution is 7.89. The summed E-state index contributed by atoms with van der Waals surface area (Å²) in [5, 5.41) is 23.3. The lowest BCUT2D eigenvalue weighted by Gasteiger charge is -2.41. The summed E-state index contributed by atoms with van der Waals surface area (Å²) in [6.45, 7) is 2.15. The third-order valence-electron chi connectivity index (χ3n) is 6.07. The van der Waals surface area contributed by atoms with Crippen LogP contribution in [0.4, 0.5) is 0 Å². The van der Waals surface area contributed by atoms with Gasteiger partial charge in [0.25, 0.3) is 0 Å². The maximum absolute atomic E-state index is 12.6. The lowest BCUT2D eigenvalue weighted by molar-refractivity contribution is -0.0462. The van der Waals surface area contributed by atoms with Gasteiger partial charge in [-0.05, 0) is 44.6 Å². The molecule has 9 heteroatoms. The second-order valence-electron chi connectivity index (χ2n) is 7.62. The van der Waals surface area contributed by atoms with Crippen LogP contribution in [0.2, 0.25) is 0 Å². The van der Waals surface area contributed by atoms with Crippen LogP contribution in [0.3, 0.4) is 0 Å². The molecule has 3 rings (SSSR count). The molecule has 4 unspecified atom stereocenters. The molecule has 146 valence electrons. The van der Waals surface area contributed by atoms with Crippen molar-refractivity contribution < 1.29 is 18.6 Å². The molecule has 0 spiro atoms. The predicted molar refractivity (Wildman–Crippen MR) is 98.5 cm³/mol. The molecule has 1 saturated carbocycles. The molecule has 3 aliphatic rings. The number of halogens is 2. The number of sulfonamides is 1. The fraction of sp³-hybridized carbons (Fsp3) is 1.00. The van der Waals surface area contributed by atoms with Gasteiger partial charge in [-0.15, -0.1) is 23.2 Å². The summed E-state index contributed by atoms with van der Waals surface area (Å²) in [6.07, 6.45) is 1.44. The summed E-state index contributed by atoms with van der Waals surface area (Å²) in [6, 6.07) is 0. The molecule has 2 heterocycles. The number of rotatable bonds is 4. The molecule has 2 saturated heterocycles. The van der Waals surface area contributed by atoms with Gasteiger partial charge >= 0.3 is 0 Å². The van der Waals surface area contributed by atoms with Crippen molar-refractivity contribution in [2.45, 2.75) is 60.3 Å². The average molecular weight is 415 g/mol. The Morgan fingerprint density at radius 2 is 1.72 bits per heavy atom. The number of hydrogen-bond acceptors (Lipinski definition) is 5. The largest absolute Gasteiger partial charge is 0.393 e. The van der Waals surface area contributed by atoms with Crippen LogP contribution in [0.25, 0.3) is 0 Å². The summed E-state index contributed by atoms with van der Waals surface area (Å²) in [5.41, 5.74) is 0. The number of piperidine rings is 1. The molecule has 0 aromatic carbocycles. The van der Waals surface area contributed by atoms with E-state index in [1.807, 2.05) is 0 Å². The van der Waals surface area contributed by atoms with Crippen LogP contribution in [-0.4, -0.2) is 77.3 Å². The van der Waals surface area contributed by atoms with Gasteiger partial charge in [0.15, 0.2) is 0 Å². The van der Waals surface area contributed by atoms with Gasteiger partial charge in [-0.25, -0.2) is 12.7 Å².